The van der Waals surface area contributed by atoms with E-state index in [1.807, 2.05) is 35.2 Å². The Balaban J connectivity index is 1.41. The predicted molar refractivity (Wildman–Crippen MR) is 140 cm³/mol. The minimum Gasteiger partial charge on any atom is -0.497 e. The van der Waals surface area contributed by atoms with E-state index in [4.69, 9.17) is 26.5 Å². The highest BCUT2D eigenvalue weighted by Gasteiger charge is 2.48. The first kappa shape index (κ1) is 23.6. The molecule has 5 nitrogen and oxygen atoms in total. The third kappa shape index (κ3) is 4.70. The number of aryl methyl sites for hydroxylation is 1. The number of benzene rings is 1. The van der Waals surface area contributed by atoms with E-state index in [0.29, 0.717) is 15.1 Å². The monoisotopic (exact) mass is 497 g/mol. The molecule has 3 fully saturated rings. The summed E-state index contributed by atoms with van der Waals surface area (Å²) in [5, 5.41) is 9.12. The molecule has 1 aromatic heterocycles. The van der Waals surface area contributed by atoms with Gasteiger partial charge in [-0.2, -0.15) is 0 Å². The van der Waals surface area contributed by atoms with Crippen LogP contribution >= 0.6 is 24.0 Å². The van der Waals surface area contributed by atoms with Crippen molar-refractivity contribution < 1.29 is 19.1 Å². The molecule has 2 aromatic rings. The maximum absolute atomic E-state index is 13.4. The van der Waals surface area contributed by atoms with Crippen molar-refractivity contribution in [3.8, 4) is 17.1 Å². The Labute approximate surface area is 210 Å². The lowest BCUT2D eigenvalue weighted by atomic mass is 9.94. The number of carbonyl (C=O) groups is 1. The van der Waals surface area contributed by atoms with Crippen LogP contribution in [-0.2, 0) is 11.2 Å². The van der Waals surface area contributed by atoms with Gasteiger partial charge in [-0.1, -0.05) is 36.8 Å². The van der Waals surface area contributed by atoms with Crippen molar-refractivity contribution in [2.45, 2.75) is 57.4 Å². The number of furan rings is 1. The second kappa shape index (κ2) is 10.3. The number of hydrogen-bond donors (Lipinski definition) is 1. The van der Waals surface area contributed by atoms with Gasteiger partial charge in [0.1, 0.15) is 21.6 Å². The molecule has 1 amide bonds. The summed E-state index contributed by atoms with van der Waals surface area (Å²) in [6, 6.07) is 10.1. The standard InChI is InChI=1S/C27H31NO4S2/c1-31-21-10-8-18(9-11-21)23-15-20(5-3-2-4-12-29)24(32-23)16-25-26(30)28(27(33)34-25)22-14-17-6-7-19(22)13-17/h8-11,15-17,19,22,29H,2-7,12-14H2,1H3/b25-16-. The summed E-state index contributed by atoms with van der Waals surface area (Å²) in [5.41, 5.74) is 2.04. The summed E-state index contributed by atoms with van der Waals surface area (Å²) < 4.78 is 12.2. The SMILES string of the molecule is COc1ccc(-c2cc(CCCCCO)c(/C=C3\SC(=S)N(C4CC5CCC4C5)C3=O)o2)cc1. The third-order valence-corrected chi connectivity index (χ3v) is 8.77. The zero-order valence-corrected chi connectivity index (χ0v) is 21.1. The van der Waals surface area contributed by atoms with Crippen LogP contribution in [0.15, 0.2) is 39.7 Å². The van der Waals surface area contributed by atoms with Crippen molar-refractivity contribution in [1.29, 1.82) is 0 Å². The van der Waals surface area contributed by atoms with Gasteiger partial charge in [-0.15, -0.1) is 0 Å². The molecule has 5 rings (SSSR count). The molecule has 0 spiro atoms. The van der Waals surface area contributed by atoms with Gasteiger partial charge in [0, 0.05) is 24.3 Å². The van der Waals surface area contributed by atoms with E-state index in [0.717, 1.165) is 66.4 Å². The average molecular weight is 498 g/mol. The number of amides is 1. The van der Waals surface area contributed by atoms with Gasteiger partial charge in [-0.05, 0) is 86.3 Å². The summed E-state index contributed by atoms with van der Waals surface area (Å²) in [5.74, 6) is 3.67. The zero-order valence-electron chi connectivity index (χ0n) is 19.5. The molecule has 1 aliphatic heterocycles. The van der Waals surface area contributed by atoms with Crippen molar-refractivity contribution in [2.24, 2.45) is 11.8 Å². The lowest BCUT2D eigenvalue weighted by molar-refractivity contribution is -0.124. The van der Waals surface area contributed by atoms with E-state index >= 15 is 0 Å². The van der Waals surface area contributed by atoms with Crippen LogP contribution in [0, 0.1) is 11.8 Å². The molecule has 3 aliphatic rings. The Bertz CT molecular complexity index is 1090. The normalized spacial score (nSPS) is 25.2. The van der Waals surface area contributed by atoms with Crippen LogP contribution in [-0.4, -0.2) is 40.0 Å². The van der Waals surface area contributed by atoms with Crippen LogP contribution in [0.1, 0.15) is 56.3 Å². The number of rotatable bonds is 9. The van der Waals surface area contributed by atoms with E-state index in [9.17, 15) is 4.79 Å². The number of unbranched alkanes of at least 4 members (excludes halogenated alkanes) is 2. The molecular weight excluding hydrogens is 466 g/mol. The fourth-order valence-electron chi connectivity index (χ4n) is 5.67. The van der Waals surface area contributed by atoms with E-state index in [2.05, 4.69) is 6.07 Å². The van der Waals surface area contributed by atoms with Gasteiger partial charge in [0.25, 0.3) is 5.91 Å². The van der Waals surface area contributed by atoms with Crippen LogP contribution in [0.4, 0.5) is 0 Å². The first-order valence-corrected chi connectivity index (χ1v) is 13.4. The van der Waals surface area contributed by atoms with Gasteiger partial charge in [0.2, 0.25) is 0 Å². The van der Waals surface area contributed by atoms with Crippen molar-refractivity contribution in [1.82, 2.24) is 4.90 Å². The highest BCUT2D eigenvalue weighted by molar-refractivity contribution is 8.26. The van der Waals surface area contributed by atoms with Crippen LogP contribution in [0.2, 0.25) is 0 Å². The molecule has 2 saturated carbocycles. The van der Waals surface area contributed by atoms with E-state index in [1.54, 1.807) is 7.11 Å². The zero-order chi connectivity index (χ0) is 23.7. The van der Waals surface area contributed by atoms with E-state index in [-0.39, 0.29) is 18.6 Å². The predicted octanol–water partition coefficient (Wildman–Crippen LogP) is 6.05. The lowest BCUT2D eigenvalue weighted by Crippen LogP contribution is -2.41. The summed E-state index contributed by atoms with van der Waals surface area (Å²) in [4.78, 5) is 16.0. The minimum absolute atomic E-state index is 0.0289. The number of aliphatic hydroxyl groups excluding tert-OH is 1. The molecule has 2 bridgehead atoms. The van der Waals surface area contributed by atoms with Crippen molar-refractivity contribution >= 4 is 40.3 Å². The number of aliphatic hydroxyl groups is 1. The summed E-state index contributed by atoms with van der Waals surface area (Å²) in [7, 11) is 1.65. The molecule has 1 N–H and O–H groups in total. The Morgan fingerprint density at radius 3 is 2.71 bits per heavy atom. The number of thioether (sulfide) groups is 1. The Kier molecular flexibility index (Phi) is 7.14. The van der Waals surface area contributed by atoms with E-state index < -0.39 is 0 Å². The Hall–Kier alpha value is -2.09. The van der Waals surface area contributed by atoms with Crippen LogP contribution in [0.5, 0.6) is 5.75 Å². The average Bonchev–Trinajstić information content (AvgIpc) is 3.62. The second-order valence-electron chi connectivity index (χ2n) is 9.56. The second-order valence-corrected chi connectivity index (χ2v) is 11.2. The highest BCUT2D eigenvalue weighted by atomic mass is 32.2. The topological polar surface area (TPSA) is 62.9 Å². The molecule has 34 heavy (non-hydrogen) atoms. The Morgan fingerprint density at radius 2 is 2.03 bits per heavy atom. The first-order valence-electron chi connectivity index (χ1n) is 12.2. The van der Waals surface area contributed by atoms with E-state index in [1.165, 1.54) is 31.0 Å². The molecular formula is C27H31NO4S2. The first-order chi connectivity index (χ1) is 16.6. The van der Waals surface area contributed by atoms with Gasteiger partial charge in [-0.3, -0.25) is 9.69 Å². The minimum atomic E-state index is 0.0289. The lowest BCUT2D eigenvalue weighted by Gasteiger charge is -2.30. The number of fused-ring (bicyclic) bond motifs is 2. The number of ether oxygens (including phenoxy) is 1. The van der Waals surface area contributed by atoms with Gasteiger partial charge in [0.05, 0.1) is 12.0 Å². The van der Waals surface area contributed by atoms with Crippen LogP contribution in [0.25, 0.3) is 17.4 Å². The largest absolute Gasteiger partial charge is 0.497 e. The van der Waals surface area contributed by atoms with Crippen LogP contribution in [0.3, 0.4) is 0 Å². The summed E-state index contributed by atoms with van der Waals surface area (Å²) in [6.07, 6.45) is 10.3. The van der Waals surface area contributed by atoms with Gasteiger partial charge in [0.15, 0.2) is 0 Å². The molecule has 3 atom stereocenters. The number of nitrogens with zero attached hydrogens (tertiary/aromatic N) is 1. The molecule has 1 saturated heterocycles. The molecule has 2 heterocycles. The highest BCUT2D eigenvalue weighted by Crippen LogP contribution is 2.49. The number of carbonyl (C=O) groups excluding carboxylic acids is 1. The van der Waals surface area contributed by atoms with Crippen molar-refractivity contribution in [2.75, 3.05) is 13.7 Å². The molecule has 7 heteroatoms. The van der Waals surface area contributed by atoms with Crippen LogP contribution < -0.4 is 4.74 Å². The molecule has 2 aliphatic carbocycles. The fraction of sp³-hybridized carbons (Fsp3) is 0.481. The third-order valence-electron chi connectivity index (χ3n) is 7.44. The van der Waals surface area contributed by atoms with Crippen molar-refractivity contribution in [3.63, 3.8) is 0 Å². The number of thiocarbonyl (C=S) groups is 1. The van der Waals surface area contributed by atoms with Crippen molar-refractivity contribution in [3.05, 3.63) is 46.6 Å². The summed E-state index contributed by atoms with van der Waals surface area (Å²) in [6.45, 7) is 0.209. The number of methoxy groups -OCH3 is 1. The molecule has 3 unspecified atom stereocenters. The van der Waals surface area contributed by atoms with Gasteiger partial charge in [-0.25, -0.2) is 0 Å². The number of hydrogen-bond acceptors (Lipinski definition) is 6. The fourth-order valence-corrected chi connectivity index (χ4v) is 7.02. The molecule has 0 radical (unpaired) electrons. The quantitative estimate of drug-likeness (QED) is 0.258. The summed E-state index contributed by atoms with van der Waals surface area (Å²) >= 11 is 7.06. The van der Waals surface area contributed by atoms with Gasteiger partial charge < -0.3 is 14.3 Å². The molecule has 180 valence electrons. The smallest absolute Gasteiger partial charge is 0.266 e. The van der Waals surface area contributed by atoms with Gasteiger partial charge >= 0.3 is 0 Å². The molecule has 1 aromatic carbocycles. The maximum atomic E-state index is 13.4. The Morgan fingerprint density at radius 1 is 1.21 bits per heavy atom. The maximum Gasteiger partial charge on any atom is 0.266 e.